The number of thiophene rings is 1. The van der Waals surface area contributed by atoms with Gasteiger partial charge in [0.05, 0.1) is 16.8 Å². The Kier molecular flexibility index (Phi) is 9.17. The van der Waals surface area contributed by atoms with E-state index in [0.717, 1.165) is 18.0 Å². The van der Waals surface area contributed by atoms with E-state index in [9.17, 15) is 4.79 Å². The molecule has 7 nitrogen and oxygen atoms in total. The molecule has 1 aliphatic heterocycles. The Morgan fingerprint density at radius 2 is 1.89 bits per heavy atom. The molecule has 3 heterocycles. The van der Waals surface area contributed by atoms with Crippen LogP contribution in [0.25, 0.3) is 10.7 Å². The van der Waals surface area contributed by atoms with Gasteiger partial charge in [-0.15, -0.1) is 36.2 Å². The van der Waals surface area contributed by atoms with Crippen LogP contribution in [0, 0.1) is 5.92 Å². The molecule has 1 saturated heterocycles. The van der Waals surface area contributed by atoms with Crippen LogP contribution in [0.4, 0.5) is 0 Å². The maximum Gasteiger partial charge on any atom is 0.244 e. The fourth-order valence-electron chi connectivity index (χ4n) is 2.91. The van der Waals surface area contributed by atoms with Gasteiger partial charge in [0, 0.05) is 32.2 Å². The molecule has 0 bridgehead atoms. The standard InChI is InChI=1S/C17H25N5O2S.2ClH/c1-11(12(2)18)17(23)22-8-6-21(7-9-22)13(3)16-19-15(20-24-16)14-5-4-10-25-14;;/h4-5,10-13H,6-9,18H2,1-3H3;2*1H. The van der Waals surface area contributed by atoms with Crippen LogP contribution in [0.5, 0.6) is 0 Å². The van der Waals surface area contributed by atoms with Crippen LogP contribution in [0.2, 0.25) is 0 Å². The van der Waals surface area contributed by atoms with E-state index in [0.29, 0.717) is 24.8 Å². The number of nitrogens with zero attached hydrogens (tertiary/aromatic N) is 4. The number of rotatable bonds is 5. The van der Waals surface area contributed by atoms with Crippen molar-refractivity contribution in [1.29, 1.82) is 0 Å². The lowest BCUT2D eigenvalue weighted by Gasteiger charge is -2.38. The highest BCUT2D eigenvalue weighted by molar-refractivity contribution is 7.13. The number of aromatic nitrogens is 2. The Morgan fingerprint density at radius 1 is 1.22 bits per heavy atom. The summed E-state index contributed by atoms with van der Waals surface area (Å²) in [6.45, 7) is 8.81. The van der Waals surface area contributed by atoms with Crippen molar-refractivity contribution < 1.29 is 9.32 Å². The molecule has 27 heavy (non-hydrogen) atoms. The number of hydrogen-bond donors (Lipinski definition) is 1. The van der Waals surface area contributed by atoms with Gasteiger partial charge in [-0.25, -0.2) is 0 Å². The van der Waals surface area contributed by atoms with Crippen molar-refractivity contribution in [3.8, 4) is 10.7 Å². The highest BCUT2D eigenvalue weighted by Gasteiger charge is 2.30. The SMILES string of the molecule is CC(N)C(C)C(=O)N1CCN(C(C)c2nc(-c3cccs3)no2)CC1.Cl.Cl. The monoisotopic (exact) mass is 435 g/mol. The molecule has 0 aliphatic carbocycles. The second kappa shape index (κ2) is 10.4. The molecule has 10 heteroatoms. The Hall–Kier alpha value is -1.19. The predicted octanol–water partition coefficient (Wildman–Crippen LogP) is 2.83. The van der Waals surface area contributed by atoms with Gasteiger partial charge in [0.15, 0.2) is 0 Å². The van der Waals surface area contributed by atoms with E-state index in [1.54, 1.807) is 11.3 Å². The molecule has 3 unspecified atom stereocenters. The summed E-state index contributed by atoms with van der Waals surface area (Å²) in [5.41, 5.74) is 5.85. The Balaban J connectivity index is 0.00000182. The number of hydrogen-bond acceptors (Lipinski definition) is 7. The molecule has 152 valence electrons. The molecule has 2 N–H and O–H groups in total. The number of carbonyl (C=O) groups excluding carboxylic acids is 1. The molecule has 0 saturated carbocycles. The highest BCUT2D eigenvalue weighted by Crippen LogP contribution is 2.26. The summed E-state index contributed by atoms with van der Waals surface area (Å²) in [5, 5.41) is 6.07. The number of amides is 1. The summed E-state index contributed by atoms with van der Waals surface area (Å²) < 4.78 is 5.45. The van der Waals surface area contributed by atoms with Crippen molar-refractivity contribution >= 4 is 42.1 Å². The van der Waals surface area contributed by atoms with Gasteiger partial charge >= 0.3 is 0 Å². The third kappa shape index (κ3) is 5.42. The van der Waals surface area contributed by atoms with Gasteiger partial charge in [-0.05, 0) is 25.3 Å². The van der Waals surface area contributed by atoms with E-state index in [1.807, 2.05) is 36.3 Å². The van der Waals surface area contributed by atoms with Gasteiger partial charge in [0.1, 0.15) is 0 Å². The Bertz CT molecular complexity index is 702. The average Bonchev–Trinajstić information content (AvgIpc) is 3.31. The topological polar surface area (TPSA) is 88.5 Å². The number of carbonyl (C=O) groups is 1. The van der Waals surface area contributed by atoms with Crippen molar-refractivity contribution in [1.82, 2.24) is 19.9 Å². The van der Waals surface area contributed by atoms with E-state index in [4.69, 9.17) is 10.3 Å². The number of piperazine rings is 1. The molecule has 1 amide bonds. The minimum absolute atomic E-state index is 0. The fraction of sp³-hybridized carbons (Fsp3) is 0.588. The maximum atomic E-state index is 12.4. The van der Waals surface area contributed by atoms with Crippen LogP contribution in [0.15, 0.2) is 22.0 Å². The van der Waals surface area contributed by atoms with Crippen molar-refractivity contribution in [2.24, 2.45) is 11.7 Å². The van der Waals surface area contributed by atoms with Crippen LogP contribution >= 0.6 is 36.2 Å². The zero-order valence-electron chi connectivity index (χ0n) is 15.7. The van der Waals surface area contributed by atoms with Gasteiger partial charge in [-0.3, -0.25) is 9.69 Å². The van der Waals surface area contributed by atoms with E-state index >= 15 is 0 Å². The van der Waals surface area contributed by atoms with Gasteiger partial charge < -0.3 is 15.2 Å². The molecule has 1 aliphatic rings. The lowest BCUT2D eigenvalue weighted by molar-refractivity contribution is -0.137. The van der Waals surface area contributed by atoms with E-state index in [2.05, 4.69) is 22.0 Å². The normalized spacial score (nSPS) is 18.1. The molecule has 0 spiro atoms. The first-order valence-electron chi connectivity index (χ1n) is 8.63. The zero-order chi connectivity index (χ0) is 18.0. The van der Waals surface area contributed by atoms with Crippen molar-refractivity contribution in [3.63, 3.8) is 0 Å². The quantitative estimate of drug-likeness (QED) is 0.776. The molecule has 0 aromatic carbocycles. The predicted molar refractivity (Wildman–Crippen MR) is 111 cm³/mol. The molecule has 1 fully saturated rings. The number of nitrogens with two attached hydrogens (primary N) is 1. The first kappa shape index (κ1) is 23.8. The summed E-state index contributed by atoms with van der Waals surface area (Å²) in [7, 11) is 0. The third-order valence-corrected chi connectivity index (χ3v) is 5.76. The van der Waals surface area contributed by atoms with Crippen molar-refractivity contribution in [2.45, 2.75) is 32.9 Å². The minimum Gasteiger partial charge on any atom is -0.340 e. The maximum absolute atomic E-state index is 12.4. The first-order chi connectivity index (χ1) is 12.0. The molecule has 2 aromatic rings. The smallest absolute Gasteiger partial charge is 0.244 e. The number of halogens is 2. The molecule has 2 aromatic heterocycles. The van der Waals surface area contributed by atoms with Gasteiger partial charge in [-0.1, -0.05) is 18.1 Å². The molecule has 0 radical (unpaired) electrons. The molecular weight excluding hydrogens is 409 g/mol. The van der Waals surface area contributed by atoms with Crippen LogP contribution < -0.4 is 5.73 Å². The van der Waals surface area contributed by atoms with Crippen LogP contribution in [0.1, 0.15) is 32.7 Å². The summed E-state index contributed by atoms with van der Waals surface area (Å²) in [4.78, 5) is 22.1. The van der Waals surface area contributed by atoms with Gasteiger partial charge in [0.25, 0.3) is 0 Å². The lowest BCUT2D eigenvalue weighted by Crippen LogP contribution is -2.52. The molecule has 3 rings (SSSR count). The van der Waals surface area contributed by atoms with E-state index in [-0.39, 0.29) is 48.7 Å². The summed E-state index contributed by atoms with van der Waals surface area (Å²) in [6.07, 6.45) is 0. The first-order valence-corrected chi connectivity index (χ1v) is 9.51. The van der Waals surface area contributed by atoms with Gasteiger partial charge in [0.2, 0.25) is 17.6 Å². The average molecular weight is 436 g/mol. The van der Waals surface area contributed by atoms with Crippen LogP contribution in [-0.4, -0.2) is 58.1 Å². The Labute approximate surface area is 176 Å². The summed E-state index contributed by atoms with van der Waals surface area (Å²) in [6, 6.07) is 3.86. The zero-order valence-corrected chi connectivity index (χ0v) is 18.1. The van der Waals surface area contributed by atoms with Crippen molar-refractivity contribution in [3.05, 3.63) is 23.4 Å². The Morgan fingerprint density at radius 3 is 2.44 bits per heavy atom. The van der Waals surface area contributed by atoms with Crippen LogP contribution in [-0.2, 0) is 4.79 Å². The molecular formula is C17H27Cl2N5O2S. The van der Waals surface area contributed by atoms with Crippen LogP contribution in [0.3, 0.4) is 0 Å². The van der Waals surface area contributed by atoms with E-state index < -0.39 is 0 Å². The van der Waals surface area contributed by atoms with Gasteiger partial charge in [-0.2, -0.15) is 4.98 Å². The highest BCUT2D eigenvalue weighted by atomic mass is 35.5. The second-order valence-electron chi connectivity index (χ2n) is 6.62. The largest absolute Gasteiger partial charge is 0.340 e. The fourth-order valence-corrected chi connectivity index (χ4v) is 3.56. The van der Waals surface area contributed by atoms with Crippen molar-refractivity contribution in [2.75, 3.05) is 26.2 Å². The summed E-state index contributed by atoms with van der Waals surface area (Å²) >= 11 is 1.59. The third-order valence-electron chi connectivity index (χ3n) is 4.89. The van der Waals surface area contributed by atoms with E-state index in [1.165, 1.54) is 0 Å². The summed E-state index contributed by atoms with van der Waals surface area (Å²) in [5.74, 6) is 1.25. The molecule has 3 atom stereocenters. The second-order valence-corrected chi connectivity index (χ2v) is 7.57. The lowest BCUT2D eigenvalue weighted by atomic mass is 10.0. The minimum atomic E-state index is -0.145.